The van der Waals surface area contributed by atoms with E-state index in [-0.39, 0.29) is 22.2 Å². The molecule has 0 aliphatic carbocycles. The first-order chi connectivity index (χ1) is 21.0. The van der Waals surface area contributed by atoms with Crippen molar-refractivity contribution in [1.82, 2.24) is 5.43 Å². The van der Waals surface area contributed by atoms with Crippen molar-refractivity contribution in [3.8, 4) is 5.75 Å². The molecular weight excluding hydrogens is 586 g/mol. The van der Waals surface area contributed by atoms with E-state index in [0.29, 0.717) is 33.8 Å². The third kappa shape index (κ3) is 7.44. The van der Waals surface area contributed by atoms with Crippen molar-refractivity contribution < 1.29 is 27.7 Å². The maximum atomic E-state index is 13.7. The van der Waals surface area contributed by atoms with Crippen LogP contribution in [-0.2, 0) is 14.8 Å². The monoisotopic (exact) mass is 615 g/mol. The minimum atomic E-state index is -4.42. The van der Waals surface area contributed by atoms with Gasteiger partial charge in [-0.2, -0.15) is 5.10 Å². The standard InChI is InChI=1S/C31H29N5O7S/c1-21-9-18-28(19-29(21)36(39)40)44(41,42)35(26-14-16-27(43-3)17-15-26)20-30(37)34-33-22(2)23-10-12-25(13-11-23)32-31(38)24-7-5-4-6-8-24/h4-19H,20H2,1-3H3,(H,32,38)(H,34,37)/b33-22-. The molecule has 0 aliphatic heterocycles. The van der Waals surface area contributed by atoms with E-state index >= 15 is 0 Å². The summed E-state index contributed by atoms with van der Waals surface area (Å²) in [5, 5.41) is 18.4. The topological polar surface area (TPSA) is 160 Å². The van der Waals surface area contributed by atoms with Gasteiger partial charge in [0.1, 0.15) is 12.3 Å². The van der Waals surface area contributed by atoms with Crippen LogP contribution in [0.4, 0.5) is 17.1 Å². The zero-order valence-electron chi connectivity index (χ0n) is 24.1. The Kier molecular flexibility index (Phi) is 9.71. The number of methoxy groups -OCH3 is 1. The Balaban J connectivity index is 1.52. The van der Waals surface area contributed by atoms with Crippen LogP contribution in [0.2, 0.25) is 0 Å². The van der Waals surface area contributed by atoms with Gasteiger partial charge in [0, 0.05) is 22.9 Å². The van der Waals surface area contributed by atoms with E-state index in [0.717, 1.165) is 10.4 Å². The van der Waals surface area contributed by atoms with Gasteiger partial charge < -0.3 is 10.1 Å². The molecule has 0 fully saturated rings. The van der Waals surface area contributed by atoms with Gasteiger partial charge in [0.15, 0.2) is 0 Å². The molecule has 0 saturated heterocycles. The molecule has 4 aromatic rings. The van der Waals surface area contributed by atoms with Crippen LogP contribution >= 0.6 is 0 Å². The summed E-state index contributed by atoms with van der Waals surface area (Å²) in [5.74, 6) is -0.544. The number of aryl methyl sites for hydroxylation is 1. The Morgan fingerprint density at radius 3 is 2.20 bits per heavy atom. The molecule has 226 valence electrons. The first kappa shape index (κ1) is 31.4. The van der Waals surface area contributed by atoms with E-state index in [1.807, 2.05) is 6.07 Å². The first-order valence-electron chi connectivity index (χ1n) is 13.2. The van der Waals surface area contributed by atoms with Crippen molar-refractivity contribution >= 4 is 44.6 Å². The summed E-state index contributed by atoms with van der Waals surface area (Å²) >= 11 is 0. The van der Waals surface area contributed by atoms with Crippen LogP contribution in [0, 0.1) is 17.0 Å². The lowest BCUT2D eigenvalue weighted by atomic mass is 10.1. The number of amides is 2. The molecule has 0 radical (unpaired) electrons. The zero-order valence-corrected chi connectivity index (χ0v) is 24.9. The van der Waals surface area contributed by atoms with Gasteiger partial charge in [-0.15, -0.1) is 0 Å². The van der Waals surface area contributed by atoms with E-state index in [9.17, 15) is 28.1 Å². The largest absolute Gasteiger partial charge is 0.497 e. The Morgan fingerprint density at radius 2 is 1.59 bits per heavy atom. The lowest BCUT2D eigenvalue weighted by Gasteiger charge is -2.24. The van der Waals surface area contributed by atoms with Crippen LogP contribution < -0.4 is 19.8 Å². The summed E-state index contributed by atoms with van der Waals surface area (Å²) in [7, 11) is -2.97. The molecule has 2 amide bonds. The number of hydrazone groups is 1. The van der Waals surface area contributed by atoms with Crippen molar-refractivity contribution in [3.63, 3.8) is 0 Å². The smallest absolute Gasteiger partial charge is 0.273 e. The second kappa shape index (κ2) is 13.6. The number of sulfonamides is 1. The first-order valence-corrected chi connectivity index (χ1v) is 14.7. The molecule has 0 spiro atoms. The van der Waals surface area contributed by atoms with Crippen LogP contribution in [0.25, 0.3) is 0 Å². The fraction of sp³-hybridized carbons (Fsp3) is 0.129. The van der Waals surface area contributed by atoms with Crippen LogP contribution in [0.3, 0.4) is 0 Å². The lowest BCUT2D eigenvalue weighted by Crippen LogP contribution is -2.39. The normalized spacial score (nSPS) is 11.4. The molecule has 44 heavy (non-hydrogen) atoms. The summed E-state index contributed by atoms with van der Waals surface area (Å²) in [4.78, 5) is 35.8. The fourth-order valence-corrected chi connectivity index (χ4v) is 5.54. The molecule has 13 heteroatoms. The van der Waals surface area contributed by atoms with Crippen LogP contribution in [0.5, 0.6) is 5.75 Å². The Hall–Kier alpha value is -5.56. The number of nitro benzene ring substituents is 1. The molecule has 4 aromatic carbocycles. The Morgan fingerprint density at radius 1 is 0.932 bits per heavy atom. The number of ether oxygens (including phenoxy) is 1. The Labute approximate surface area is 254 Å². The number of hydrogen-bond acceptors (Lipinski definition) is 8. The summed E-state index contributed by atoms with van der Waals surface area (Å²) in [5.41, 5.74) is 4.59. The highest BCUT2D eigenvalue weighted by atomic mass is 32.2. The highest BCUT2D eigenvalue weighted by Crippen LogP contribution is 2.29. The molecule has 0 unspecified atom stereocenters. The summed E-state index contributed by atoms with van der Waals surface area (Å²) < 4.78 is 33.4. The van der Waals surface area contributed by atoms with Crippen LogP contribution in [0.1, 0.15) is 28.4 Å². The molecule has 0 saturated carbocycles. The number of nitrogens with zero attached hydrogens (tertiary/aromatic N) is 3. The number of anilines is 2. The second-order valence-corrected chi connectivity index (χ2v) is 11.4. The summed E-state index contributed by atoms with van der Waals surface area (Å²) in [6, 6.07) is 25.1. The molecule has 12 nitrogen and oxygen atoms in total. The SMILES string of the molecule is COc1ccc(N(CC(=O)N/N=C(/C)c2ccc(NC(=O)c3ccccc3)cc2)S(=O)(=O)c2ccc(C)c([N+](=O)[O-])c2)cc1. The minimum Gasteiger partial charge on any atom is -0.497 e. The summed E-state index contributed by atoms with van der Waals surface area (Å²) in [6.07, 6.45) is 0. The van der Waals surface area contributed by atoms with Gasteiger partial charge in [-0.3, -0.25) is 24.0 Å². The minimum absolute atomic E-state index is 0.137. The van der Waals surface area contributed by atoms with Gasteiger partial charge in [0.25, 0.3) is 27.5 Å². The number of nitro groups is 1. The van der Waals surface area contributed by atoms with E-state index in [1.54, 1.807) is 55.5 Å². The predicted molar refractivity (Wildman–Crippen MR) is 167 cm³/mol. The predicted octanol–water partition coefficient (Wildman–Crippen LogP) is 4.90. The molecule has 4 rings (SSSR count). The van der Waals surface area contributed by atoms with Crippen molar-refractivity contribution in [1.29, 1.82) is 0 Å². The molecule has 0 aliphatic rings. The van der Waals surface area contributed by atoms with Gasteiger partial charge in [-0.25, -0.2) is 13.8 Å². The molecule has 0 atom stereocenters. The maximum Gasteiger partial charge on any atom is 0.273 e. The van der Waals surface area contributed by atoms with Gasteiger partial charge in [0.2, 0.25) is 0 Å². The van der Waals surface area contributed by atoms with Crippen molar-refractivity contribution in [3.05, 3.63) is 124 Å². The molecule has 2 N–H and O–H groups in total. The van der Waals surface area contributed by atoms with Gasteiger partial charge in [-0.05, 0) is 74.0 Å². The molecular formula is C31H29N5O7S. The number of rotatable bonds is 11. The quantitative estimate of drug-likeness (QED) is 0.138. The van der Waals surface area contributed by atoms with E-state index < -0.39 is 27.4 Å². The third-order valence-corrected chi connectivity index (χ3v) is 8.33. The van der Waals surface area contributed by atoms with Crippen LogP contribution in [0.15, 0.2) is 107 Å². The highest BCUT2D eigenvalue weighted by molar-refractivity contribution is 7.92. The number of carbonyl (C=O) groups is 2. The van der Waals surface area contributed by atoms with Gasteiger partial charge in [0.05, 0.1) is 28.3 Å². The molecule has 0 heterocycles. The third-order valence-electron chi connectivity index (χ3n) is 6.56. The van der Waals surface area contributed by atoms with Crippen molar-refractivity contribution in [2.75, 3.05) is 23.3 Å². The lowest BCUT2D eigenvalue weighted by molar-refractivity contribution is -0.385. The van der Waals surface area contributed by atoms with Gasteiger partial charge in [-0.1, -0.05) is 36.4 Å². The molecule has 0 aromatic heterocycles. The number of hydrogen-bond donors (Lipinski definition) is 2. The highest BCUT2D eigenvalue weighted by Gasteiger charge is 2.29. The number of carbonyl (C=O) groups excluding carboxylic acids is 2. The second-order valence-electron chi connectivity index (χ2n) is 9.54. The Bertz CT molecular complexity index is 1810. The van der Waals surface area contributed by atoms with E-state index in [4.69, 9.17) is 4.74 Å². The van der Waals surface area contributed by atoms with Crippen LogP contribution in [-0.4, -0.2) is 44.5 Å². The fourth-order valence-electron chi connectivity index (χ4n) is 4.10. The van der Waals surface area contributed by atoms with Crippen molar-refractivity contribution in [2.45, 2.75) is 18.7 Å². The van der Waals surface area contributed by atoms with Gasteiger partial charge >= 0.3 is 0 Å². The zero-order chi connectivity index (χ0) is 31.9. The average molecular weight is 616 g/mol. The average Bonchev–Trinajstić information content (AvgIpc) is 3.03. The number of nitrogens with one attached hydrogen (secondary N) is 2. The van der Waals surface area contributed by atoms with E-state index in [2.05, 4.69) is 15.8 Å². The molecule has 0 bridgehead atoms. The summed E-state index contributed by atoms with van der Waals surface area (Å²) in [6.45, 7) is 2.48. The van der Waals surface area contributed by atoms with Crippen molar-refractivity contribution in [2.24, 2.45) is 5.10 Å². The number of benzene rings is 4. The van der Waals surface area contributed by atoms with E-state index in [1.165, 1.54) is 50.4 Å². The maximum absolute atomic E-state index is 13.7.